The Kier molecular flexibility index (Phi) is 3.46. The van der Waals surface area contributed by atoms with Gasteiger partial charge in [0.25, 0.3) is 0 Å². The Hall–Kier alpha value is -1.49. The third-order valence-electron chi connectivity index (χ3n) is 3.63. The average Bonchev–Trinajstić information content (AvgIpc) is 2.84. The number of amides is 2. The van der Waals surface area contributed by atoms with Crippen LogP contribution in [0.4, 0.5) is 0 Å². The monoisotopic (exact) mass is 276 g/mol. The highest BCUT2D eigenvalue weighted by molar-refractivity contribution is 8.00. The van der Waals surface area contributed by atoms with Gasteiger partial charge in [0.1, 0.15) is 6.54 Å². The molecule has 1 fully saturated rings. The van der Waals surface area contributed by atoms with Crippen LogP contribution in [0.15, 0.2) is 24.3 Å². The van der Waals surface area contributed by atoms with E-state index in [9.17, 15) is 9.59 Å². The summed E-state index contributed by atoms with van der Waals surface area (Å²) in [6.45, 7) is 1.66. The zero-order valence-corrected chi connectivity index (χ0v) is 11.5. The first-order valence-electron chi connectivity index (χ1n) is 6.44. The van der Waals surface area contributed by atoms with E-state index >= 15 is 0 Å². The molecule has 100 valence electrons. The fourth-order valence-electron chi connectivity index (χ4n) is 2.51. The Balaban J connectivity index is 1.64. The maximum absolute atomic E-state index is 12.2. The number of thioether (sulfide) groups is 1. The average molecular weight is 276 g/mol. The van der Waals surface area contributed by atoms with Crippen LogP contribution in [0.1, 0.15) is 11.1 Å². The molecule has 1 aromatic carbocycles. The van der Waals surface area contributed by atoms with Crippen LogP contribution in [0.3, 0.4) is 0 Å². The maximum Gasteiger partial charge on any atom is 0.242 e. The summed E-state index contributed by atoms with van der Waals surface area (Å²) in [6, 6.07) is 8.24. The van der Waals surface area contributed by atoms with Crippen LogP contribution >= 0.6 is 11.8 Å². The minimum Gasteiger partial charge on any atom is -0.336 e. The molecule has 5 heteroatoms. The van der Waals surface area contributed by atoms with E-state index in [1.807, 2.05) is 17.0 Å². The van der Waals surface area contributed by atoms with Crippen LogP contribution in [0.5, 0.6) is 0 Å². The van der Waals surface area contributed by atoms with Crippen LogP contribution in [-0.4, -0.2) is 46.3 Å². The highest BCUT2D eigenvalue weighted by Gasteiger charge is 2.26. The lowest BCUT2D eigenvalue weighted by molar-refractivity contribution is -0.138. The Morgan fingerprint density at radius 3 is 2.79 bits per heavy atom. The number of carbonyl (C=O) groups is 2. The van der Waals surface area contributed by atoms with Crippen molar-refractivity contribution in [2.75, 3.05) is 24.7 Å². The van der Waals surface area contributed by atoms with E-state index in [0.717, 1.165) is 13.0 Å². The SMILES string of the molecule is O=C1CSCN1CC(=O)N1CCc2ccccc2C1. The number of hydrogen-bond acceptors (Lipinski definition) is 3. The van der Waals surface area contributed by atoms with Gasteiger partial charge in [0.15, 0.2) is 0 Å². The standard InChI is InChI=1S/C14H16N2O2S/c17-13(8-16-10-19-9-14(16)18)15-6-5-11-3-1-2-4-12(11)7-15/h1-4H,5-10H2. The third kappa shape index (κ3) is 2.61. The Morgan fingerprint density at radius 1 is 1.26 bits per heavy atom. The second-order valence-electron chi connectivity index (χ2n) is 4.90. The quantitative estimate of drug-likeness (QED) is 0.812. The maximum atomic E-state index is 12.2. The van der Waals surface area contributed by atoms with Crippen molar-refractivity contribution in [2.24, 2.45) is 0 Å². The first-order chi connectivity index (χ1) is 9.24. The van der Waals surface area contributed by atoms with Gasteiger partial charge >= 0.3 is 0 Å². The van der Waals surface area contributed by atoms with Gasteiger partial charge in [0, 0.05) is 13.1 Å². The highest BCUT2D eigenvalue weighted by Crippen LogP contribution is 2.20. The molecular weight excluding hydrogens is 260 g/mol. The normalized spacial score (nSPS) is 18.6. The molecule has 2 aliphatic rings. The largest absolute Gasteiger partial charge is 0.336 e. The lowest BCUT2D eigenvalue weighted by Gasteiger charge is -2.30. The van der Waals surface area contributed by atoms with Crippen molar-refractivity contribution in [1.29, 1.82) is 0 Å². The molecule has 0 atom stereocenters. The van der Waals surface area contributed by atoms with E-state index < -0.39 is 0 Å². The predicted molar refractivity (Wildman–Crippen MR) is 74.6 cm³/mol. The predicted octanol–water partition coefficient (Wildman–Crippen LogP) is 1.10. The zero-order valence-electron chi connectivity index (χ0n) is 10.7. The fraction of sp³-hybridized carbons (Fsp3) is 0.429. The number of fused-ring (bicyclic) bond motifs is 1. The minimum atomic E-state index is 0.0605. The summed E-state index contributed by atoms with van der Waals surface area (Å²) in [6.07, 6.45) is 0.907. The Bertz CT molecular complexity index is 518. The molecule has 2 heterocycles. The first-order valence-corrected chi connectivity index (χ1v) is 7.59. The van der Waals surface area contributed by atoms with Gasteiger partial charge < -0.3 is 9.80 Å². The second-order valence-corrected chi connectivity index (χ2v) is 5.86. The third-order valence-corrected chi connectivity index (χ3v) is 4.58. The summed E-state index contributed by atoms with van der Waals surface area (Å²) < 4.78 is 0. The van der Waals surface area contributed by atoms with Crippen LogP contribution < -0.4 is 0 Å². The molecule has 0 radical (unpaired) electrons. The molecule has 0 aromatic heterocycles. The van der Waals surface area contributed by atoms with E-state index in [4.69, 9.17) is 0 Å². The van der Waals surface area contributed by atoms with Gasteiger partial charge in [-0.25, -0.2) is 0 Å². The van der Waals surface area contributed by atoms with E-state index in [1.54, 1.807) is 16.7 Å². The fourth-order valence-corrected chi connectivity index (χ4v) is 3.42. The van der Waals surface area contributed by atoms with Gasteiger partial charge in [-0.1, -0.05) is 24.3 Å². The summed E-state index contributed by atoms with van der Waals surface area (Å²) in [5, 5.41) is 0. The van der Waals surface area contributed by atoms with E-state index in [0.29, 0.717) is 18.2 Å². The number of benzene rings is 1. The van der Waals surface area contributed by atoms with Crippen molar-refractivity contribution in [3.63, 3.8) is 0 Å². The molecule has 0 unspecified atom stereocenters. The van der Waals surface area contributed by atoms with Crippen LogP contribution in [0, 0.1) is 0 Å². The molecule has 0 N–H and O–H groups in total. The molecule has 3 rings (SSSR count). The molecule has 19 heavy (non-hydrogen) atoms. The van der Waals surface area contributed by atoms with Crippen molar-refractivity contribution in [2.45, 2.75) is 13.0 Å². The van der Waals surface area contributed by atoms with Gasteiger partial charge in [0.05, 0.1) is 11.6 Å². The van der Waals surface area contributed by atoms with Gasteiger partial charge in [0.2, 0.25) is 11.8 Å². The van der Waals surface area contributed by atoms with Crippen LogP contribution in [0.2, 0.25) is 0 Å². The van der Waals surface area contributed by atoms with E-state index in [-0.39, 0.29) is 18.4 Å². The lowest BCUT2D eigenvalue weighted by Crippen LogP contribution is -2.43. The van der Waals surface area contributed by atoms with Gasteiger partial charge in [-0.2, -0.15) is 0 Å². The molecular formula is C14H16N2O2S. The van der Waals surface area contributed by atoms with Crippen LogP contribution in [-0.2, 0) is 22.6 Å². The highest BCUT2D eigenvalue weighted by atomic mass is 32.2. The van der Waals surface area contributed by atoms with Crippen molar-refractivity contribution >= 4 is 23.6 Å². The van der Waals surface area contributed by atoms with Crippen molar-refractivity contribution in [3.05, 3.63) is 35.4 Å². The Labute approximate surface area is 116 Å². The summed E-state index contributed by atoms with van der Waals surface area (Å²) >= 11 is 1.57. The molecule has 0 bridgehead atoms. The molecule has 4 nitrogen and oxygen atoms in total. The molecule has 0 saturated carbocycles. The zero-order chi connectivity index (χ0) is 13.2. The number of hydrogen-bond donors (Lipinski definition) is 0. The topological polar surface area (TPSA) is 40.6 Å². The number of rotatable bonds is 2. The molecule has 0 aliphatic carbocycles. The van der Waals surface area contributed by atoms with Crippen molar-refractivity contribution in [3.8, 4) is 0 Å². The summed E-state index contributed by atoms with van der Waals surface area (Å²) in [7, 11) is 0. The first kappa shape index (κ1) is 12.5. The summed E-state index contributed by atoms with van der Waals surface area (Å²) in [4.78, 5) is 27.3. The van der Waals surface area contributed by atoms with Gasteiger partial charge in [-0.15, -0.1) is 11.8 Å². The molecule has 1 aromatic rings. The summed E-state index contributed by atoms with van der Waals surface area (Å²) in [5.74, 6) is 1.30. The molecule has 2 amide bonds. The molecule has 0 spiro atoms. The smallest absolute Gasteiger partial charge is 0.242 e. The second kappa shape index (κ2) is 5.25. The van der Waals surface area contributed by atoms with Crippen molar-refractivity contribution in [1.82, 2.24) is 9.80 Å². The van der Waals surface area contributed by atoms with Gasteiger partial charge in [-0.05, 0) is 17.5 Å². The van der Waals surface area contributed by atoms with Crippen LogP contribution in [0.25, 0.3) is 0 Å². The number of carbonyl (C=O) groups excluding carboxylic acids is 2. The van der Waals surface area contributed by atoms with E-state index in [2.05, 4.69) is 12.1 Å². The number of nitrogens with zero attached hydrogens (tertiary/aromatic N) is 2. The minimum absolute atomic E-state index is 0.0605. The van der Waals surface area contributed by atoms with Crippen molar-refractivity contribution < 1.29 is 9.59 Å². The van der Waals surface area contributed by atoms with Gasteiger partial charge in [-0.3, -0.25) is 9.59 Å². The molecule has 1 saturated heterocycles. The Morgan fingerprint density at radius 2 is 2.05 bits per heavy atom. The lowest BCUT2D eigenvalue weighted by atomic mass is 10.00. The summed E-state index contributed by atoms with van der Waals surface area (Å²) in [5.41, 5.74) is 2.56. The van der Waals surface area contributed by atoms with E-state index in [1.165, 1.54) is 11.1 Å². The molecule has 2 aliphatic heterocycles.